The van der Waals surface area contributed by atoms with Crippen molar-refractivity contribution in [1.82, 2.24) is 0 Å². The Labute approximate surface area is 114 Å². The zero-order chi connectivity index (χ0) is 13.7. The minimum absolute atomic E-state index is 0.0706. The third-order valence-corrected chi connectivity index (χ3v) is 3.76. The van der Waals surface area contributed by atoms with Gasteiger partial charge in [0.05, 0.1) is 10.8 Å². The lowest BCUT2D eigenvalue weighted by atomic mass is 10.3. The predicted molar refractivity (Wildman–Crippen MR) is 77.2 cm³/mol. The SMILES string of the molecule is Nc1cccc(NC(=O)CS(=O)c2ccccc2)c1. The van der Waals surface area contributed by atoms with Gasteiger partial charge in [0.25, 0.3) is 0 Å². The number of carbonyl (C=O) groups excluding carboxylic acids is 1. The van der Waals surface area contributed by atoms with Crippen LogP contribution in [0.4, 0.5) is 11.4 Å². The molecule has 19 heavy (non-hydrogen) atoms. The van der Waals surface area contributed by atoms with E-state index in [0.29, 0.717) is 16.3 Å². The molecule has 1 atom stereocenters. The highest BCUT2D eigenvalue weighted by molar-refractivity contribution is 7.85. The van der Waals surface area contributed by atoms with E-state index < -0.39 is 10.8 Å². The third kappa shape index (κ3) is 3.93. The lowest BCUT2D eigenvalue weighted by molar-refractivity contribution is -0.113. The zero-order valence-corrected chi connectivity index (χ0v) is 11.0. The van der Waals surface area contributed by atoms with Gasteiger partial charge in [-0.2, -0.15) is 0 Å². The van der Waals surface area contributed by atoms with Crippen LogP contribution in [0.3, 0.4) is 0 Å². The van der Waals surface area contributed by atoms with Crippen LogP contribution in [0.5, 0.6) is 0 Å². The fraction of sp³-hybridized carbons (Fsp3) is 0.0714. The van der Waals surface area contributed by atoms with Gasteiger partial charge in [-0.25, -0.2) is 0 Å². The maximum Gasteiger partial charge on any atom is 0.237 e. The van der Waals surface area contributed by atoms with Gasteiger partial charge in [-0.05, 0) is 30.3 Å². The highest BCUT2D eigenvalue weighted by atomic mass is 32.2. The molecule has 2 rings (SSSR count). The summed E-state index contributed by atoms with van der Waals surface area (Å²) in [6, 6.07) is 15.8. The highest BCUT2D eigenvalue weighted by Gasteiger charge is 2.10. The Hall–Kier alpha value is -2.14. The lowest BCUT2D eigenvalue weighted by Gasteiger charge is -2.06. The predicted octanol–water partition coefficient (Wildman–Crippen LogP) is 2.02. The summed E-state index contributed by atoms with van der Waals surface area (Å²) in [5.74, 6) is -0.369. The Morgan fingerprint density at radius 3 is 2.53 bits per heavy atom. The number of hydrogen-bond donors (Lipinski definition) is 2. The van der Waals surface area contributed by atoms with Gasteiger partial charge in [0.2, 0.25) is 5.91 Å². The molecule has 0 spiro atoms. The molecule has 0 saturated carbocycles. The van der Waals surface area contributed by atoms with E-state index >= 15 is 0 Å². The number of nitrogens with one attached hydrogen (secondary N) is 1. The van der Waals surface area contributed by atoms with Crippen molar-refractivity contribution in [2.24, 2.45) is 0 Å². The number of rotatable bonds is 4. The largest absolute Gasteiger partial charge is 0.399 e. The number of anilines is 2. The quantitative estimate of drug-likeness (QED) is 0.838. The molecule has 0 fully saturated rings. The van der Waals surface area contributed by atoms with Gasteiger partial charge in [0, 0.05) is 16.3 Å². The van der Waals surface area contributed by atoms with Crippen molar-refractivity contribution < 1.29 is 9.00 Å². The van der Waals surface area contributed by atoms with Crippen molar-refractivity contribution in [3.63, 3.8) is 0 Å². The van der Waals surface area contributed by atoms with Gasteiger partial charge in [-0.3, -0.25) is 9.00 Å². The first-order valence-electron chi connectivity index (χ1n) is 5.74. The molecule has 3 N–H and O–H groups in total. The molecule has 0 saturated heterocycles. The average Bonchev–Trinajstić information content (AvgIpc) is 2.39. The summed E-state index contributed by atoms with van der Waals surface area (Å²) in [5.41, 5.74) is 6.79. The van der Waals surface area contributed by atoms with Crippen LogP contribution in [0.15, 0.2) is 59.5 Å². The van der Waals surface area contributed by atoms with E-state index in [0.717, 1.165) is 0 Å². The summed E-state index contributed by atoms with van der Waals surface area (Å²) in [4.78, 5) is 12.4. The Balaban J connectivity index is 1.97. The fourth-order valence-electron chi connectivity index (χ4n) is 1.59. The molecule has 0 aliphatic heterocycles. The van der Waals surface area contributed by atoms with Crippen molar-refractivity contribution in [3.8, 4) is 0 Å². The van der Waals surface area contributed by atoms with Crippen LogP contribution in [0.25, 0.3) is 0 Å². The second-order valence-corrected chi connectivity index (χ2v) is 5.43. The van der Waals surface area contributed by atoms with Gasteiger partial charge in [-0.1, -0.05) is 24.3 Å². The summed E-state index contributed by atoms with van der Waals surface area (Å²) < 4.78 is 11.9. The number of amides is 1. The maximum atomic E-state index is 11.9. The molecule has 1 amide bonds. The molecule has 5 heteroatoms. The lowest BCUT2D eigenvalue weighted by Crippen LogP contribution is -2.19. The van der Waals surface area contributed by atoms with Crippen molar-refractivity contribution in [3.05, 3.63) is 54.6 Å². The third-order valence-electron chi connectivity index (χ3n) is 2.44. The van der Waals surface area contributed by atoms with E-state index in [2.05, 4.69) is 5.32 Å². The molecule has 0 radical (unpaired) electrons. The van der Waals surface area contributed by atoms with E-state index in [1.54, 1.807) is 48.5 Å². The van der Waals surface area contributed by atoms with E-state index in [-0.39, 0.29) is 11.7 Å². The van der Waals surface area contributed by atoms with Crippen molar-refractivity contribution in [2.45, 2.75) is 4.90 Å². The number of benzene rings is 2. The van der Waals surface area contributed by atoms with E-state index in [1.807, 2.05) is 6.07 Å². The maximum absolute atomic E-state index is 11.9. The molecule has 2 aromatic carbocycles. The van der Waals surface area contributed by atoms with Crippen LogP contribution in [0, 0.1) is 0 Å². The zero-order valence-electron chi connectivity index (χ0n) is 10.2. The Morgan fingerprint density at radius 2 is 1.84 bits per heavy atom. The number of hydrogen-bond acceptors (Lipinski definition) is 3. The first-order valence-corrected chi connectivity index (χ1v) is 7.06. The smallest absolute Gasteiger partial charge is 0.237 e. The topological polar surface area (TPSA) is 72.2 Å². The van der Waals surface area contributed by atoms with Gasteiger partial charge < -0.3 is 11.1 Å². The van der Waals surface area contributed by atoms with Gasteiger partial charge in [-0.15, -0.1) is 0 Å². The molecule has 0 aliphatic rings. The van der Waals surface area contributed by atoms with Gasteiger partial charge in [0.15, 0.2) is 0 Å². The molecule has 4 nitrogen and oxygen atoms in total. The van der Waals surface area contributed by atoms with Crippen LogP contribution in [0.2, 0.25) is 0 Å². The van der Waals surface area contributed by atoms with Crippen LogP contribution < -0.4 is 11.1 Å². The molecular weight excluding hydrogens is 260 g/mol. The fourth-order valence-corrected chi connectivity index (χ4v) is 2.53. The Bertz CT molecular complexity index is 599. The molecule has 1 unspecified atom stereocenters. The Kier molecular flexibility index (Phi) is 4.30. The molecular formula is C14H14N2O2S. The van der Waals surface area contributed by atoms with Crippen LogP contribution in [-0.2, 0) is 15.6 Å². The highest BCUT2D eigenvalue weighted by Crippen LogP contribution is 2.12. The first-order chi connectivity index (χ1) is 9.15. The summed E-state index contributed by atoms with van der Waals surface area (Å²) in [6.45, 7) is 0. The number of nitrogens with two attached hydrogens (primary N) is 1. The number of carbonyl (C=O) groups is 1. The summed E-state index contributed by atoms with van der Waals surface area (Å²) in [5, 5.41) is 2.67. The molecule has 0 heterocycles. The summed E-state index contributed by atoms with van der Waals surface area (Å²) in [7, 11) is -1.34. The van der Waals surface area contributed by atoms with Crippen LogP contribution in [0.1, 0.15) is 0 Å². The van der Waals surface area contributed by atoms with Crippen molar-refractivity contribution in [2.75, 3.05) is 16.8 Å². The molecule has 0 aromatic heterocycles. The summed E-state index contributed by atoms with van der Waals surface area (Å²) >= 11 is 0. The monoisotopic (exact) mass is 274 g/mol. The number of nitrogen functional groups attached to an aromatic ring is 1. The van der Waals surface area contributed by atoms with Gasteiger partial charge in [0.1, 0.15) is 5.75 Å². The molecule has 98 valence electrons. The van der Waals surface area contributed by atoms with Crippen LogP contribution >= 0.6 is 0 Å². The van der Waals surface area contributed by atoms with E-state index in [9.17, 15) is 9.00 Å². The average molecular weight is 274 g/mol. The normalized spacial score (nSPS) is 11.8. The van der Waals surface area contributed by atoms with Crippen molar-refractivity contribution in [1.29, 1.82) is 0 Å². The van der Waals surface area contributed by atoms with Crippen LogP contribution in [-0.4, -0.2) is 15.9 Å². The minimum atomic E-state index is -1.34. The molecule has 0 bridgehead atoms. The standard InChI is InChI=1S/C14H14N2O2S/c15-11-5-4-6-12(9-11)16-14(17)10-19(18)13-7-2-1-3-8-13/h1-9H,10,15H2,(H,16,17). The summed E-state index contributed by atoms with van der Waals surface area (Å²) in [6.07, 6.45) is 0. The van der Waals surface area contributed by atoms with Gasteiger partial charge >= 0.3 is 0 Å². The van der Waals surface area contributed by atoms with Crippen molar-refractivity contribution >= 4 is 28.1 Å². The second kappa shape index (κ2) is 6.15. The minimum Gasteiger partial charge on any atom is -0.399 e. The second-order valence-electron chi connectivity index (χ2n) is 3.98. The van der Waals surface area contributed by atoms with E-state index in [4.69, 9.17) is 5.73 Å². The Morgan fingerprint density at radius 1 is 1.11 bits per heavy atom. The molecule has 0 aliphatic carbocycles. The molecule has 2 aromatic rings. The van der Waals surface area contributed by atoms with E-state index in [1.165, 1.54) is 0 Å². The first kappa shape index (κ1) is 13.3.